The van der Waals surface area contributed by atoms with Crippen LogP contribution in [-0.4, -0.2) is 33.8 Å². The first-order valence-electron chi connectivity index (χ1n) is 6.61. The van der Waals surface area contributed by atoms with Gasteiger partial charge in [-0.05, 0) is 32.6 Å². The van der Waals surface area contributed by atoms with E-state index in [4.69, 9.17) is 0 Å². The van der Waals surface area contributed by atoms with E-state index in [1.165, 1.54) is 11.3 Å². The molecule has 1 aliphatic heterocycles. The Bertz CT molecular complexity index is 498. The Morgan fingerprint density at radius 3 is 2.79 bits per heavy atom. The van der Waals surface area contributed by atoms with Crippen LogP contribution in [-0.2, 0) is 9.59 Å². The lowest BCUT2D eigenvalue weighted by Crippen LogP contribution is -2.63. The van der Waals surface area contributed by atoms with Gasteiger partial charge in [0.25, 0.3) is 0 Å². The van der Waals surface area contributed by atoms with Gasteiger partial charge in [0.1, 0.15) is 17.1 Å². The number of piperazine rings is 1. The van der Waals surface area contributed by atoms with Gasteiger partial charge in [-0.1, -0.05) is 0 Å². The smallest absolute Gasteiger partial charge is 0.246 e. The van der Waals surface area contributed by atoms with Crippen LogP contribution in [0.5, 0.6) is 0 Å². The van der Waals surface area contributed by atoms with Crippen molar-refractivity contribution in [3.8, 4) is 0 Å². The van der Waals surface area contributed by atoms with Gasteiger partial charge < -0.3 is 10.2 Å². The van der Waals surface area contributed by atoms with E-state index in [9.17, 15) is 9.59 Å². The van der Waals surface area contributed by atoms with E-state index in [0.29, 0.717) is 5.92 Å². The lowest BCUT2D eigenvalue weighted by Gasteiger charge is -2.40. The van der Waals surface area contributed by atoms with Gasteiger partial charge >= 0.3 is 0 Å². The number of hydrogen-bond donors (Lipinski definition) is 1. The molecule has 3 rings (SSSR count). The number of carbonyl (C=O) groups is 2. The van der Waals surface area contributed by atoms with Crippen molar-refractivity contribution in [1.29, 1.82) is 0 Å². The average Bonchev–Trinajstić information content (AvgIpc) is 3.07. The summed E-state index contributed by atoms with van der Waals surface area (Å²) < 4.78 is 0. The number of nitrogens with one attached hydrogen (secondary N) is 1. The highest BCUT2D eigenvalue weighted by molar-refractivity contribution is 7.09. The molecule has 1 aromatic rings. The van der Waals surface area contributed by atoms with Crippen molar-refractivity contribution in [2.24, 2.45) is 5.92 Å². The molecule has 1 aromatic heterocycles. The molecule has 19 heavy (non-hydrogen) atoms. The lowest BCUT2D eigenvalue weighted by molar-refractivity contribution is -0.151. The first-order valence-corrected chi connectivity index (χ1v) is 7.49. The number of aromatic nitrogens is 1. The maximum absolute atomic E-state index is 12.6. The molecule has 1 N–H and O–H groups in total. The van der Waals surface area contributed by atoms with E-state index in [0.717, 1.165) is 17.8 Å². The molecule has 102 valence electrons. The monoisotopic (exact) mass is 279 g/mol. The number of thiazole rings is 1. The first-order chi connectivity index (χ1) is 9.09. The van der Waals surface area contributed by atoms with Crippen LogP contribution in [0.3, 0.4) is 0 Å². The van der Waals surface area contributed by atoms with Crippen LogP contribution < -0.4 is 5.32 Å². The maximum Gasteiger partial charge on any atom is 0.246 e. The second kappa shape index (κ2) is 4.59. The van der Waals surface area contributed by atoms with Gasteiger partial charge in [0.15, 0.2) is 0 Å². The molecule has 0 aromatic carbocycles. The molecule has 0 bridgehead atoms. The minimum Gasteiger partial charge on any atom is -0.342 e. The lowest BCUT2D eigenvalue weighted by atomic mass is 10.0. The first kappa shape index (κ1) is 12.6. The van der Waals surface area contributed by atoms with Crippen molar-refractivity contribution < 1.29 is 9.59 Å². The second-order valence-corrected chi connectivity index (χ2v) is 6.22. The Labute approximate surface area is 116 Å². The van der Waals surface area contributed by atoms with Crippen molar-refractivity contribution in [3.05, 3.63) is 16.6 Å². The zero-order chi connectivity index (χ0) is 13.6. The maximum atomic E-state index is 12.6. The highest BCUT2D eigenvalue weighted by Crippen LogP contribution is 2.37. The number of nitrogens with zero attached hydrogens (tertiary/aromatic N) is 2. The Morgan fingerprint density at radius 2 is 2.21 bits per heavy atom. The molecule has 0 spiro atoms. The summed E-state index contributed by atoms with van der Waals surface area (Å²) >= 11 is 1.52. The SMILES string of the molecule is CC1C(=O)NC(C2CC2)C(=O)N1C(C)c1nccs1. The van der Waals surface area contributed by atoms with E-state index < -0.39 is 6.04 Å². The fraction of sp³-hybridized carbons (Fsp3) is 0.615. The molecule has 0 radical (unpaired) electrons. The van der Waals surface area contributed by atoms with E-state index in [1.807, 2.05) is 12.3 Å². The van der Waals surface area contributed by atoms with Crippen molar-refractivity contribution in [1.82, 2.24) is 15.2 Å². The van der Waals surface area contributed by atoms with Crippen LogP contribution in [0.15, 0.2) is 11.6 Å². The fourth-order valence-corrected chi connectivity index (χ4v) is 3.34. The molecule has 2 aliphatic rings. The number of hydrogen-bond acceptors (Lipinski definition) is 4. The molecule has 1 aliphatic carbocycles. The van der Waals surface area contributed by atoms with Gasteiger partial charge in [-0.2, -0.15) is 0 Å². The van der Waals surface area contributed by atoms with Crippen molar-refractivity contribution in [2.75, 3.05) is 0 Å². The molecule has 2 fully saturated rings. The summed E-state index contributed by atoms with van der Waals surface area (Å²) in [7, 11) is 0. The van der Waals surface area contributed by atoms with Crippen LogP contribution in [0.4, 0.5) is 0 Å². The quantitative estimate of drug-likeness (QED) is 0.908. The largest absolute Gasteiger partial charge is 0.342 e. The van der Waals surface area contributed by atoms with E-state index >= 15 is 0 Å². The molecule has 5 nitrogen and oxygen atoms in total. The Balaban J connectivity index is 1.88. The van der Waals surface area contributed by atoms with Gasteiger partial charge in [0.2, 0.25) is 11.8 Å². The van der Waals surface area contributed by atoms with Gasteiger partial charge in [-0.3, -0.25) is 9.59 Å². The van der Waals surface area contributed by atoms with Crippen LogP contribution >= 0.6 is 11.3 Å². The molecule has 2 amide bonds. The summed E-state index contributed by atoms with van der Waals surface area (Å²) in [6.07, 6.45) is 3.79. The molecule has 3 unspecified atom stereocenters. The molecule has 6 heteroatoms. The van der Waals surface area contributed by atoms with Gasteiger partial charge in [0, 0.05) is 11.6 Å². The standard InChI is InChI=1S/C13H17N3O2S/c1-7-11(17)15-10(9-3-4-9)13(18)16(7)8(2)12-14-5-6-19-12/h5-10H,3-4H2,1-2H3,(H,15,17). The second-order valence-electron chi connectivity index (χ2n) is 5.29. The van der Waals surface area contributed by atoms with E-state index in [-0.39, 0.29) is 23.9 Å². The van der Waals surface area contributed by atoms with Crippen molar-refractivity contribution in [3.63, 3.8) is 0 Å². The van der Waals surface area contributed by atoms with Crippen LogP contribution in [0.2, 0.25) is 0 Å². The summed E-state index contributed by atoms with van der Waals surface area (Å²) in [5, 5.41) is 5.63. The Kier molecular flexibility index (Phi) is 3.05. The average molecular weight is 279 g/mol. The zero-order valence-corrected chi connectivity index (χ0v) is 11.8. The van der Waals surface area contributed by atoms with E-state index in [1.54, 1.807) is 18.0 Å². The van der Waals surface area contributed by atoms with Crippen LogP contribution in [0.1, 0.15) is 37.7 Å². The predicted octanol–water partition coefficient (Wildman–Crippen LogP) is 1.33. The molecule has 1 saturated carbocycles. The number of rotatable bonds is 3. The van der Waals surface area contributed by atoms with Crippen molar-refractivity contribution in [2.45, 2.75) is 44.8 Å². The Morgan fingerprint density at radius 1 is 1.47 bits per heavy atom. The third-order valence-corrected chi connectivity index (χ3v) is 4.88. The molecular weight excluding hydrogens is 262 g/mol. The van der Waals surface area contributed by atoms with Gasteiger partial charge in [0.05, 0.1) is 6.04 Å². The summed E-state index contributed by atoms with van der Waals surface area (Å²) in [6, 6.07) is -0.901. The molecule has 2 heterocycles. The van der Waals surface area contributed by atoms with Crippen molar-refractivity contribution >= 4 is 23.2 Å². The van der Waals surface area contributed by atoms with Crippen LogP contribution in [0.25, 0.3) is 0 Å². The molecule has 1 saturated heterocycles. The summed E-state index contributed by atoms with van der Waals surface area (Å²) in [6.45, 7) is 3.72. The zero-order valence-electron chi connectivity index (χ0n) is 11.0. The van der Waals surface area contributed by atoms with Crippen LogP contribution in [0, 0.1) is 5.92 Å². The number of carbonyl (C=O) groups excluding carboxylic acids is 2. The normalized spacial score (nSPS) is 29.3. The third-order valence-electron chi connectivity index (χ3n) is 3.93. The summed E-state index contributed by atoms with van der Waals surface area (Å²) in [4.78, 5) is 30.6. The number of amides is 2. The minimum atomic E-state index is -0.429. The van der Waals surface area contributed by atoms with Gasteiger partial charge in [-0.15, -0.1) is 11.3 Å². The third kappa shape index (κ3) is 2.14. The fourth-order valence-electron chi connectivity index (χ4n) is 2.65. The summed E-state index contributed by atoms with van der Waals surface area (Å²) in [5.41, 5.74) is 0. The topological polar surface area (TPSA) is 62.3 Å². The predicted molar refractivity (Wildman–Crippen MR) is 71.5 cm³/mol. The molecule has 3 atom stereocenters. The highest BCUT2D eigenvalue weighted by atomic mass is 32.1. The summed E-state index contributed by atoms with van der Waals surface area (Å²) in [5.74, 6) is 0.312. The molecular formula is C13H17N3O2S. The Hall–Kier alpha value is -1.43. The minimum absolute atomic E-state index is 0.0392. The van der Waals surface area contributed by atoms with Gasteiger partial charge in [-0.25, -0.2) is 4.98 Å². The highest BCUT2D eigenvalue weighted by Gasteiger charge is 2.47. The van der Waals surface area contributed by atoms with E-state index in [2.05, 4.69) is 10.3 Å².